The molecule has 0 bridgehead atoms. The maximum Gasteiger partial charge on any atom is 0.525 e. The number of hydrogen-bond acceptors (Lipinski definition) is 3. The maximum atomic E-state index is 15.6. The molecule has 0 saturated carbocycles. The molecule has 3 rings (SSSR count). The van der Waals surface area contributed by atoms with Gasteiger partial charge in [-0.2, -0.15) is 0 Å². The molecule has 0 amide bonds. The van der Waals surface area contributed by atoms with E-state index in [2.05, 4.69) is 4.98 Å². The van der Waals surface area contributed by atoms with E-state index in [0.717, 1.165) is 5.69 Å². The molecule has 0 unspecified atom stereocenters. The van der Waals surface area contributed by atoms with E-state index in [1.54, 1.807) is 6.92 Å². The van der Waals surface area contributed by atoms with Crippen LogP contribution in [0.15, 0.2) is 5.73 Å². The van der Waals surface area contributed by atoms with Crippen LogP contribution in [0.1, 0.15) is 75.3 Å². The molecule has 1 aromatic rings. The summed E-state index contributed by atoms with van der Waals surface area (Å²) in [6, 6.07) is 0. The summed E-state index contributed by atoms with van der Waals surface area (Å²) in [5, 5.41) is 9.43. The smallest absolute Gasteiger partial charge is 0.477 e. The predicted octanol–water partition coefficient (Wildman–Crippen LogP) is 4.31. The first kappa shape index (κ1) is 19.2. The van der Waals surface area contributed by atoms with Crippen molar-refractivity contribution in [1.82, 2.24) is 4.98 Å². The van der Waals surface area contributed by atoms with Crippen molar-refractivity contribution in [2.45, 2.75) is 72.5 Å². The lowest BCUT2D eigenvalue weighted by Crippen LogP contribution is -2.41. The molecule has 2 N–H and O–H groups in total. The molecule has 1 aliphatic carbocycles. The van der Waals surface area contributed by atoms with Gasteiger partial charge in [0.25, 0.3) is 0 Å². The minimum Gasteiger partial charge on any atom is -0.477 e. The Balaban J connectivity index is 2.13. The zero-order chi connectivity index (χ0) is 19.7. The van der Waals surface area contributed by atoms with Gasteiger partial charge in [-0.3, -0.25) is 0 Å². The second kappa shape index (κ2) is 5.70. The van der Waals surface area contributed by atoms with Crippen LogP contribution in [-0.4, -0.2) is 34.4 Å². The number of rotatable bonds is 2. The second-order valence-corrected chi connectivity index (χ2v) is 9.22. The first-order valence-corrected chi connectivity index (χ1v) is 8.95. The van der Waals surface area contributed by atoms with Crippen molar-refractivity contribution in [2.24, 2.45) is 5.41 Å². The number of nitrogens with one attached hydrogen (secondary N) is 1. The fourth-order valence-corrected chi connectivity index (χ4v) is 3.81. The monoisotopic (exact) mass is 363 g/mol. The normalized spacial score (nSPS) is 25.2. The Morgan fingerprint density at radius 3 is 2.15 bits per heavy atom. The molecule has 26 heavy (non-hydrogen) atoms. The molecule has 0 spiro atoms. The van der Waals surface area contributed by atoms with Crippen LogP contribution < -0.4 is 0 Å². The molecule has 1 aromatic heterocycles. The minimum atomic E-state index is -1.08. The first-order chi connectivity index (χ1) is 11.8. The number of carbonyl (C=O) groups is 1. The van der Waals surface area contributed by atoms with Crippen LogP contribution in [0.4, 0.5) is 4.39 Å². The minimum absolute atomic E-state index is 0.118. The molecule has 1 fully saturated rings. The Kier molecular flexibility index (Phi) is 4.20. The molecule has 7 heteroatoms. The molecule has 0 atom stereocenters. The Labute approximate surface area is 154 Å². The lowest BCUT2D eigenvalue weighted by atomic mass is 9.70. The third-order valence-electron chi connectivity index (χ3n) is 5.90. The van der Waals surface area contributed by atoms with Crippen LogP contribution in [0, 0.1) is 12.3 Å². The summed E-state index contributed by atoms with van der Waals surface area (Å²) in [6.45, 7) is 13.3. The Morgan fingerprint density at radius 2 is 1.65 bits per heavy atom. The van der Waals surface area contributed by atoms with Crippen LogP contribution >= 0.6 is 0 Å². The number of aromatic amines is 1. The highest BCUT2D eigenvalue weighted by Gasteiger charge is 2.54. The van der Waals surface area contributed by atoms with Gasteiger partial charge in [0.15, 0.2) is 0 Å². The van der Waals surface area contributed by atoms with E-state index >= 15 is 4.39 Å². The molecular weight excluding hydrogens is 336 g/mol. The zero-order valence-corrected chi connectivity index (χ0v) is 16.5. The number of hydrogen-bond donors (Lipinski definition) is 2. The van der Waals surface area contributed by atoms with Crippen molar-refractivity contribution in [2.75, 3.05) is 0 Å². The van der Waals surface area contributed by atoms with Crippen LogP contribution in [0.3, 0.4) is 0 Å². The fourth-order valence-electron chi connectivity index (χ4n) is 3.81. The van der Waals surface area contributed by atoms with Gasteiger partial charge in [0, 0.05) is 11.3 Å². The lowest BCUT2D eigenvalue weighted by molar-refractivity contribution is 0.00578. The number of aromatic carboxylic acids is 1. The number of fused-ring (bicyclic) bond motifs is 1. The SMILES string of the molecule is Cc1c(C(=O)O)[nH]c2c1C(=C(F)B1OC(C)(C)C(C)(C)O1)CC(C)(C)C2. The van der Waals surface area contributed by atoms with E-state index in [0.29, 0.717) is 29.5 Å². The Morgan fingerprint density at radius 1 is 1.12 bits per heavy atom. The lowest BCUT2D eigenvalue weighted by Gasteiger charge is -2.32. The van der Waals surface area contributed by atoms with Crippen LogP contribution in [0.5, 0.6) is 0 Å². The highest BCUT2D eigenvalue weighted by molar-refractivity contribution is 6.55. The topological polar surface area (TPSA) is 71.5 Å². The summed E-state index contributed by atoms with van der Waals surface area (Å²) in [5.74, 6) is -1.04. The van der Waals surface area contributed by atoms with E-state index in [9.17, 15) is 9.90 Å². The molecule has 2 aliphatic rings. The van der Waals surface area contributed by atoms with Crippen LogP contribution in [0.2, 0.25) is 0 Å². The quantitative estimate of drug-likeness (QED) is 0.769. The maximum absolute atomic E-state index is 15.6. The van der Waals surface area contributed by atoms with Crippen LogP contribution in [-0.2, 0) is 15.7 Å². The van der Waals surface area contributed by atoms with E-state index in [-0.39, 0.29) is 11.1 Å². The summed E-state index contributed by atoms with van der Waals surface area (Å²) in [4.78, 5) is 14.5. The largest absolute Gasteiger partial charge is 0.525 e. The van der Waals surface area contributed by atoms with Crippen molar-refractivity contribution in [3.05, 3.63) is 28.2 Å². The molecule has 0 radical (unpaired) electrons. The van der Waals surface area contributed by atoms with Gasteiger partial charge in [-0.15, -0.1) is 0 Å². The van der Waals surface area contributed by atoms with E-state index < -0.39 is 30.0 Å². The van der Waals surface area contributed by atoms with Crippen molar-refractivity contribution >= 4 is 18.7 Å². The summed E-state index contributed by atoms with van der Waals surface area (Å²) < 4.78 is 27.3. The Bertz CT molecular complexity index is 791. The number of carboxylic acids is 1. The van der Waals surface area contributed by atoms with Crippen molar-refractivity contribution in [3.63, 3.8) is 0 Å². The van der Waals surface area contributed by atoms with Gasteiger partial charge in [-0.25, -0.2) is 9.18 Å². The van der Waals surface area contributed by atoms with Crippen molar-refractivity contribution < 1.29 is 23.6 Å². The second-order valence-electron chi connectivity index (χ2n) is 9.22. The van der Waals surface area contributed by atoms with Crippen LogP contribution in [0.25, 0.3) is 5.57 Å². The predicted molar refractivity (Wildman–Crippen MR) is 98.7 cm³/mol. The van der Waals surface area contributed by atoms with Gasteiger partial charge in [0.1, 0.15) is 11.4 Å². The van der Waals surface area contributed by atoms with Gasteiger partial charge in [0.2, 0.25) is 0 Å². The standard InChI is InChI=1S/C19H27BFNO4/c1-10-13-11(15(21)20-25-18(4,5)19(6,7)26-20)8-17(2,3)9-12(13)22-14(10)16(23)24/h22H,8-9H2,1-7H3,(H,23,24). The highest BCUT2D eigenvalue weighted by Crippen LogP contribution is 2.47. The van der Waals surface area contributed by atoms with E-state index in [1.807, 2.05) is 41.5 Å². The summed E-state index contributed by atoms with van der Waals surface area (Å²) in [6.07, 6.45) is 1.16. The molecule has 0 aromatic carbocycles. The molecule has 1 saturated heterocycles. The average molecular weight is 363 g/mol. The van der Waals surface area contributed by atoms with Gasteiger partial charge < -0.3 is 19.4 Å². The average Bonchev–Trinajstić information content (AvgIpc) is 2.90. The number of halogens is 1. The molecule has 2 heterocycles. The van der Waals surface area contributed by atoms with Crippen molar-refractivity contribution in [1.29, 1.82) is 0 Å². The number of carboxylic acid groups (broad SMARTS) is 1. The van der Waals surface area contributed by atoms with Crippen molar-refractivity contribution in [3.8, 4) is 0 Å². The molecule has 1 aliphatic heterocycles. The molecule has 142 valence electrons. The number of H-pyrrole nitrogens is 1. The summed E-state index contributed by atoms with van der Waals surface area (Å²) >= 11 is 0. The summed E-state index contributed by atoms with van der Waals surface area (Å²) in [7, 11) is -1.08. The van der Waals surface area contributed by atoms with E-state index in [1.165, 1.54) is 0 Å². The summed E-state index contributed by atoms with van der Waals surface area (Å²) in [5.41, 5.74) is 0.649. The molecule has 5 nitrogen and oxygen atoms in total. The van der Waals surface area contributed by atoms with E-state index in [4.69, 9.17) is 9.31 Å². The first-order valence-electron chi connectivity index (χ1n) is 8.95. The van der Waals surface area contributed by atoms with Gasteiger partial charge >= 0.3 is 13.1 Å². The number of aromatic nitrogens is 1. The third-order valence-corrected chi connectivity index (χ3v) is 5.90. The molecular formula is C19H27BFNO4. The number of allylic oxidation sites excluding steroid dienone is 1. The van der Waals surface area contributed by atoms with Gasteiger partial charge in [-0.05, 0) is 64.0 Å². The Hall–Kier alpha value is -1.60. The third kappa shape index (κ3) is 2.91. The zero-order valence-electron chi connectivity index (χ0n) is 16.5. The van der Waals surface area contributed by atoms with Gasteiger partial charge in [0.05, 0.1) is 11.2 Å². The van der Waals surface area contributed by atoms with Gasteiger partial charge in [-0.1, -0.05) is 13.8 Å². The fraction of sp³-hybridized carbons (Fsp3) is 0.632. The highest BCUT2D eigenvalue weighted by atomic mass is 19.1.